The predicted octanol–water partition coefficient (Wildman–Crippen LogP) is 3.79. The maximum absolute atomic E-state index is 12.2. The van der Waals surface area contributed by atoms with Crippen molar-refractivity contribution >= 4 is 28.5 Å². The topological polar surface area (TPSA) is 73.3 Å². The summed E-state index contributed by atoms with van der Waals surface area (Å²) >= 11 is 1.45. The molecule has 0 bridgehead atoms. The first-order valence-electron chi connectivity index (χ1n) is 8.91. The molecule has 1 amide bonds. The van der Waals surface area contributed by atoms with Crippen molar-refractivity contribution in [2.24, 2.45) is 0 Å². The molecule has 1 aliphatic heterocycles. The molecule has 1 N–H and O–H groups in total. The first-order valence-corrected chi connectivity index (χ1v) is 9.73. The van der Waals surface area contributed by atoms with Gasteiger partial charge in [0.1, 0.15) is 22.6 Å². The van der Waals surface area contributed by atoms with Gasteiger partial charge in [-0.2, -0.15) is 0 Å². The molecule has 136 valence electrons. The lowest BCUT2D eigenvalue weighted by atomic mass is 10.1. The molecule has 2 aliphatic rings. The van der Waals surface area contributed by atoms with Gasteiger partial charge in [0.15, 0.2) is 0 Å². The summed E-state index contributed by atoms with van der Waals surface area (Å²) in [7, 11) is 0. The van der Waals surface area contributed by atoms with Crippen molar-refractivity contribution in [3.05, 3.63) is 34.3 Å². The van der Waals surface area contributed by atoms with Gasteiger partial charge in [0.25, 0.3) is 0 Å². The summed E-state index contributed by atoms with van der Waals surface area (Å²) in [5.41, 5.74) is 1.97. The third-order valence-electron chi connectivity index (χ3n) is 4.34. The van der Waals surface area contributed by atoms with Crippen LogP contribution in [-0.2, 0) is 11.2 Å². The number of hydrogen-bond donors (Lipinski definition) is 1. The summed E-state index contributed by atoms with van der Waals surface area (Å²) in [6, 6.07) is 3.94. The molecule has 1 atom stereocenters. The van der Waals surface area contributed by atoms with Crippen LogP contribution in [0, 0.1) is 0 Å². The third kappa shape index (κ3) is 3.72. The number of hydrogen-bond acceptors (Lipinski definition) is 6. The highest BCUT2D eigenvalue weighted by molar-refractivity contribution is 7.15. The smallest absolute Gasteiger partial charge is 0.250 e. The number of ether oxygens (including phenoxy) is 2. The fourth-order valence-corrected chi connectivity index (χ4v) is 3.87. The Morgan fingerprint density at radius 2 is 2.27 bits per heavy atom. The van der Waals surface area contributed by atoms with Crippen LogP contribution in [-0.4, -0.2) is 28.8 Å². The molecule has 0 saturated heterocycles. The Balaban J connectivity index is 1.47. The Kier molecular flexibility index (Phi) is 4.63. The van der Waals surface area contributed by atoms with Gasteiger partial charge in [0.2, 0.25) is 11.0 Å². The summed E-state index contributed by atoms with van der Waals surface area (Å²) in [5.74, 6) is 1.93. The molecule has 0 spiro atoms. The largest absolute Gasteiger partial charge is 0.493 e. The Labute approximate surface area is 156 Å². The van der Waals surface area contributed by atoms with Crippen molar-refractivity contribution in [2.45, 2.75) is 45.1 Å². The van der Waals surface area contributed by atoms with Crippen molar-refractivity contribution < 1.29 is 14.3 Å². The first-order chi connectivity index (χ1) is 12.6. The van der Waals surface area contributed by atoms with Crippen molar-refractivity contribution in [2.75, 3.05) is 11.9 Å². The number of fused-ring (bicyclic) bond motifs is 1. The molecule has 1 aromatic heterocycles. The fraction of sp³-hybridized carbons (Fsp3) is 0.421. The second-order valence-corrected chi connectivity index (χ2v) is 7.61. The lowest BCUT2D eigenvalue weighted by Crippen LogP contribution is -2.07. The average molecular weight is 371 g/mol. The highest BCUT2D eigenvalue weighted by Gasteiger charge is 2.27. The van der Waals surface area contributed by atoms with Crippen molar-refractivity contribution in [3.63, 3.8) is 0 Å². The SMILES string of the molecule is CCOc1cc2c(cc1/C=C/C(=O)Nc1nnc(C3CC3)s1)OC(C)C2. The van der Waals surface area contributed by atoms with Crippen LogP contribution in [0.4, 0.5) is 5.13 Å². The van der Waals surface area contributed by atoms with E-state index < -0.39 is 0 Å². The van der Waals surface area contributed by atoms with Crippen LogP contribution < -0.4 is 14.8 Å². The van der Waals surface area contributed by atoms with Crippen molar-refractivity contribution in [1.82, 2.24) is 10.2 Å². The summed E-state index contributed by atoms with van der Waals surface area (Å²) < 4.78 is 11.5. The van der Waals surface area contributed by atoms with E-state index >= 15 is 0 Å². The second-order valence-electron chi connectivity index (χ2n) is 6.61. The summed E-state index contributed by atoms with van der Waals surface area (Å²) in [4.78, 5) is 12.2. The van der Waals surface area contributed by atoms with E-state index in [2.05, 4.69) is 15.5 Å². The van der Waals surface area contributed by atoms with Crippen LogP contribution >= 0.6 is 11.3 Å². The maximum Gasteiger partial charge on any atom is 0.250 e. The number of nitrogens with zero attached hydrogens (tertiary/aromatic N) is 2. The van der Waals surface area contributed by atoms with Crippen LogP contribution in [0.15, 0.2) is 18.2 Å². The molecule has 1 saturated carbocycles. The Bertz CT molecular complexity index is 858. The monoisotopic (exact) mass is 371 g/mol. The molecule has 6 nitrogen and oxygen atoms in total. The van der Waals surface area contributed by atoms with Crippen molar-refractivity contribution in [3.8, 4) is 11.5 Å². The van der Waals surface area contributed by atoms with Gasteiger partial charge in [-0.3, -0.25) is 10.1 Å². The zero-order valence-electron chi connectivity index (χ0n) is 14.8. The van der Waals surface area contributed by atoms with E-state index in [0.717, 1.165) is 34.1 Å². The molecule has 1 unspecified atom stereocenters. The number of rotatable bonds is 6. The van der Waals surface area contributed by atoms with Crippen LogP contribution in [0.5, 0.6) is 11.5 Å². The van der Waals surface area contributed by atoms with E-state index in [1.807, 2.05) is 26.0 Å². The number of aromatic nitrogens is 2. The highest BCUT2D eigenvalue weighted by atomic mass is 32.1. The van der Waals surface area contributed by atoms with Gasteiger partial charge >= 0.3 is 0 Å². The van der Waals surface area contributed by atoms with E-state index in [0.29, 0.717) is 17.7 Å². The van der Waals surface area contributed by atoms with Crippen molar-refractivity contribution in [1.29, 1.82) is 0 Å². The van der Waals surface area contributed by atoms with Gasteiger partial charge in [-0.15, -0.1) is 10.2 Å². The number of carbonyl (C=O) groups is 1. The minimum Gasteiger partial charge on any atom is -0.493 e. The molecular weight excluding hydrogens is 350 g/mol. The number of amides is 1. The van der Waals surface area contributed by atoms with Crippen LogP contribution in [0.3, 0.4) is 0 Å². The number of benzene rings is 1. The van der Waals surface area contributed by atoms with E-state index in [9.17, 15) is 4.79 Å². The maximum atomic E-state index is 12.2. The van der Waals surface area contributed by atoms with Crippen LogP contribution in [0.2, 0.25) is 0 Å². The van der Waals surface area contributed by atoms with Gasteiger partial charge in [0, 0.05) is 29.5 Å². The zero-order valence-corrected chi connectivity index (χ0v) is 15.6. The highest BCUT2D eigenvalue weighted by Crippen LogP contribution is 2.42. The molecule has 1 aliphatic carbocycles. The first kappa shape index (κ1) is 17.0. The van der Waals surface area contributed by atoms with E-state index in [4.69, 9.17) is 9.47 Å². The molecule has 26 heavy (non-hydrogen) atoms. The third-order valence-corrected chi connectivity index (χ3v) is 5.34. The fourth-order valence-electron chi connectivity index (χ4n) is 2.96. The minimum atomic E-state index is -0.235. The van der Waals surface area contributed by atoms with Gasteiger partial charge in [-0.05, 0) is 44.9 Å². The standard InChI is InChI=1S/C19H21N3O3S/c1-3-24-15-10-14-8-11(2)25-16(14)9-13(15)6-7-17(23)20-19-22-21-18(26-19)12-4-5-12/h6-7,9-12H,3-5,8H2,1-2H3,(H,20,22,23)/b7-6+. The quantitative estimate of drug-likeness (QED) is 0.782. The van der Waals surface area contributed by atoms with E-state index in [1.54, 1.807) is 6.08 Å². The Morgan fingerprint density at radius 1 is 1.42 bits per heavy atom. The minimum absolute atomic E-state index is 0.167. The lowest BCUT2D eigenvalue weighted by molar-refractivity contribution is -0.111. The molecule has 1 aromatic carbocycles. The Hall–Kier alpha value is -2.41. The Morgan fingerprint density at radius 3 is 3.04 bits per heavy atom. The lowest BCUT2D eigenvalue weighted by Gasteiger charge is -2.10. The average Bonchev–Trinajstić information content (AvgIpc) is 3.25. The number of nitrogens with one attached hydrogen (secondary N) is 1. The second kappa shape index (κ2) is 7.07. The molecule has 7 heteroatoms. The molecule has 1 fully saturated rings. The number of anilines is 1. The van der Waals surface area contributed by atoms with Gasteiger partial charge in [0.05, 0.1) is 6.61 Å². The normalized spacial score (nSPS) is 18.6. The number of carbonyl (C=O) groups excluding carboxylic acids is 1. The predicted molar refractivity (Wildman–Crippen MR) is 101 cm³/mol. The van der Waals surface area contributed by atoms with Crippen LogP contribution in [0.25, 0.3) is 6.08 Å². The molecular formula is C19H21N3O3S. The molecule has 0 radical (unpaired) electrons. The summed E-state index contributed by atoms with van der Waals surface area (Å²) in [5, 5.41) is 12.5. The van der Waals surface area contributed by atoms with Gasteiger partial charge < -0.3 is 9.47 Å². The molecule has 2 aromatic rings. The van der Waals surface area contributed by atoms with Gasteiger partial charge in [-0.25, -0.2) is 0 Å². The molecule has 2 heterocycles. The van der Waals surface area contributed by atoms with Crippen LogP contribution in [0.1, 0.15) is 48.7 Å². The van der Waals surface area contributed by atoms with E-state index in [1.165, 1.54) is 30.3 Å². The zero-order chi connectivity index (χ0) is 18.1. The van der Waals surface area contributed by atoms with E-state index in [-0.39, 0.29) is 12.0 Å². The summed E-state index contributed by atoms with van der Waals surface area (Å²) in [6.07, 6.45) is 6.61. The molecule has 4 rings (SSSR count). The summed E-state index contributed by atoms with van der Waals surface area (Å²) in [6.45, 7) is 4.55. The van der Waals surface area contributed by atoms with Gasteiger partial charge in [-0.1, -0.05) is 11.3 Å².